The van der Waals surface area contributed by atoms with Crippen LogP contribution in [0.25, 0.3) is 0 Å². The molecule has 0 spiro atoms. The lowest BCUT2D eigenvalue weighted by molar-refractivity contribution is 0.550. The molecular formula is C18H42. The molecule has 0 aromatic rings. The molecule has 0 heterocycles. The SMILES string of the molecule is CCC(C)C.CCCC(C)C.CCCCC(C)C. The number of rotatable bonds is 6. The van der Waals surface area contributed by atoms with Crippen molar-refractivity contribution in [3.63, 3.8) is 0 Å². The maximum Gasteiger partial charge on any atom is -0.0471 e. The molecule has 0 aliphatic carbocycles. The summed E-state index contributed by atoms with van der Waals surface area (Å²) in [5, 5.41) is 0. The lowest BCUT2D eigenvalue weighted by Crippen LogP contribution is -1.83. The molecule has 0 heteroatoms. The topological polar surface area (TPSA) is 0 Å². The molecule has 0 atom stereocenters. The Morgan fingerprint density at radius 3 is 1.00 bits per heavy atom. The van der Waals surface area contributed by atoms with Crippen molar-refractivity contribution < 1.29 is 0 Å². The fourth-order valence-electron chi connectivity index (χ4n) is 1.19. The standard InChI is InChI=1S/C7H16.C6H14.C5H12/c1-4-5-6-7(2)3;1-4-5-6(2)3;1-4-5(2)3/h7H,4-6H2,1-3H3;6H,4-5H2,1-3H3;5H,4H2,1-3H3. The van der Waals surface area contributed by atoms with Gasteiger partial charge in [0, 0.05) is 0 Å². The van der Waals surface area contributed by atoms with Gasteiger partial charge >= 0.3 is 0 Å². The highest BCUT2D eigenvalue weighted by Crippen LogP contribution is 2.04. The minimum Gasteiger partial charge on any atom is -0.0654 e. The smallest absolute Gasteiger partial charge is 0.0471 e. The second kappa shape index (κ2) is 19.3. The van der Waals surface area contributed by atoms with E-state index in [9.17, 15) is 0 Å². The molecule has 0 aliphatic heterocycles. The van der Waals surface area contributed by atoms with Gasteiger partial charge < -0.3 is 0 Å². The first-order chi connectivity index (χ1) is 8.31. The Bertz CT molecular complexity index is 111. The zero-order valence-corrected chi connectivity index (χ0v) is 15.0. The van der Waals surface area contributed by atoms with Crippen LogP contribution in [-0.4, -0.2) is 0 Å². The lowest BCUT2D eigenvalue weighted by Gasteiger charge is -1.98. The van der Waals surface area contributed by atoms with E-state index in [2.05, 4.69) is 62.3 Å². The maximum absolute atomic E-state index is 2.27. The Labute approximate surface area is 119 Å². The molecule has 0 aromatic carbocycles. The van der Waals surface area contributed by atoms with Crippen LogP contribution < -0.4 is 0 Å². The predicted molar refractivity (Wildman–Crippen MR) is 89.2 cm³/mol. The van der Waals surface area contributed by atoms with Crippen LogP contribution in [0, 0.1) is 17.8 Å². The average molecular weight is 259 g/mol. The highest BCUT2D eigenvalue weighted by Gasteiger charge is 1.88. The van der Waals surface area contributed by atoms with Gasteiger partial charge in [-0.15, -0.1) is 0 Å². The highest BCUT2D eigenvalue weighted by molar-refractivity contribution is 4.42. The van der Waals surface area contributed by atoms with Crippen molar-refractivity contribution in [2.75, 3.05) is 0 Å². The van der Waals surface area contributed by atoms with Crippen LogP contribution >= 0.6 is 0 Å². The van der Waals surface area contributed by atoms with Crippen molar-refractivity contribution >= 4 is 0 Å². The van der Waals surface area contributed by atoms with E-state index in [1.807, 2.05) is 0 Å². The summed E-state index contributed by atoms with van der Waals surface area (Å²) < 4.78 is 0. The zero-order valence-electron chi connectivity index (χ0n) is 15.0. The monoisotopic (exact) mass is 258 g/mol. The average Bonchev–Trinajstić information content (AvgIpc) is 2.27. The summed E-state index contributed by atoms with van der Waals surface area (Å²) in [6, 6.07) is 0. The number of hydrogen-bond acceptors (Lipinski definition) is 0. The van der Waals surface area contributed by atoms with Crippen molar-refractivity contribution in [2.24, 2.45) is 17.8 Å². The third-order valence-corrected chi connectivity index (χ3v) is 2.82. The molecule has 0 N–H and O–H groups in total. The van der Waals surface area contributed by atoms with Gasteiger partial charge in [0.05, 0.1) is 0 Å². The fourth-order valence-corrected chi connectivity index (χ4v) is 1.19. The van der Waals surface area contributed by atoms with Gasteiger partial charge in [0.25, 0.3) is 0 Å². The van der Waals surface area contributed by atoms with E-state index in [-0.39, 0.29) is 0 Å². The Morgan fingerprint density at radius 1 is 0.556 bits per heavy atom. The maximum atomic E-state index is 2.27. The van der Waals surface area contributed by atoms with E-state index in [1.165, 1.54) is 38.5 Å². The first-order valence-electron chi connectivity index (χ1n) is 8.31. The van der Waals surface area contributed by atoms with Crippen molar-refractivity contribution in [1.29, 1.82) is 0 Å². The summed E-state index contributed by atoms with van der Waals surface area (Å²) >= 11 is 0. The Hall–Kier alpha value is 0. The molecule has 0 aromatic heterocycles. The van der Waals surface area contributed by atoms with E-state index in [4.69, 9.17) is 0 Å². The van der Waals surface area contributed by atoms with Gasteiger partial charge in [-0.05, 0) is 17.8 Å². The van der Waals surface area contributed by atoms with Crippen LogP contribution in [0.3, 0.4) is 0 Å². The minimum atomic E-state index is 0.884. The second-order valence-electron chi connectivity index (χ2n) is 6.52. The van der Waals surface area contributed by atoms with Crippen molar-refractivity contribution in [2.45, 2.75) is 101 Å². The fraction of sp³-hybridized carbons (Fsp3) is 1.00. The van der Waals surface area contributed by atoms with Crippen LogP contribution in [-0.2, 0) is 0 Å². The van der Waals surface area contributed by atoms with E-state index in [0.717, 1.165) is 17.8 Å². The molecule has 0 fully saturated rings. The summed E-state index contributed by atoms with van der Waals surface area (Å²) in [6.45, 7) is 20.2. The lowest BCUT2D eigenvalue weighted by atomic mass is 10.1. The molecule has 18 heavy (non-hydrogen) atoms. The van der Waals surface area contributed by atoms with Crippen LogP contribution in [0.2, 0.25) is 0 Å². The predicted octanol–water partition coefficient (Wildman–Crippen LogP) is 7.33. The molecule has 0 rings (SSSR count). The van der Waals surface area contributed by atoms with Gasteiger partial charge in [0.1, 0.15) is 0 Å². The Balaban J connectivity index is -0.000000190. The summed E-state index contributed by atoms with van der Waals surface area (Å²) in [4.78, 5) is 0. The highest BCUT2D eigenvalue weighted by atomic mass is 13.9. The van der Waals surface area contributed by atoms with E-state index >= 15 is 0 Å². The molecule has 0 amide bonds. The van der Waals surface area contributed by atoms with Gasteiger partial charge in [-0.25, -0.2) is 0 Å². The Kier molecular flexibility index (Phi) is 24.8. The molecule has 0 aliphatic rings. The Morgan fingerprint density at radius 2 is 0.944 bits per heavy atom. The molecule has 0 saturated heterocycles. The largest absolute Gasteiger partial charge is 0.0654 e. The van der Waals surface area contributed by atoms with Gasteiger partial charge in [-0.2, -0.15) is 0 Å². The van der Waals surface area contributed by atoms with E-state index in [1.54, 1.807) is 0 Å². The van der Waals surface area contributed by atoms with Crippen molar-refractivity contribution in [1.82, 2.24) is 0 Å². The normalized spacial score (nSPS) is 10.0. The molecular weight excluding hydrogens is 216 g/mol. The molecule has 0 radical (unpaired) electrons. The summed E-state index contributed by atoms with van der Waals surface area (Å²) in [6.07, 6.45) is 8.16. The number of hydrogen-bond donors (Lipinski definition) is 0. The molecule has 0 saturated carbocycles. The van der Waals surface area contributed by atoms with Gasteiger partial charge in [0.15, 0.2) is 0 Å². The first kappa shape index (κ1) is 23.1. The summed E-state index contributed by atoms with van der Waals surface area (Å²) in [5.74, 6) is 2.69. The quantitative estimate of drug-likeness (QED) is 0.468. The van der Waals surface area contributed by atoms with E-state index in [0.29, 0.717) is 0 Å². The van der Waals surface area contributed by atoms with Crippen molar-refractivity contribution in [3.8, 4) is 0 Å². The molecule has 0 nitrogen and oxygen atoms in total. The van der Waals surface area contributed by atoms with Gasteiger partial charge in [0.2, 0.25) is 0 Å². The summed E-state index contributed by atoms with van der Waals surface area (Å²) in [5.41, 5.74) is 0. The van der Waals surface area contributed by atoms with Crippen LogP contribution in [0.15, 0.2) is 0 Å². The van der Waals surface area contributed by atoms with Crippen LogP contribution in [0.5, 0.6) is 0 Å². The van der Waals surface area contributed by atoms with Crippen LogP contribution in [0.4, 0.5) is 0 Å². The third-order valence-electron chi connectivity index (χ3n) is 2.82. The second-order valence-corrected chi connectivity index (χ2v) is 6.52. The van der Waals surface area contributed by atoms with Gasteiger partial charge in [-0.1, -0.05) is 101 Å². The minimum absolute atomic E-state index is 0.884. The zero-order chi connectivity index (χ0) is 15.0. The number of unbranched alkanes of at least 4 members (excludes halogenated alkanes) is 1. The molecule has 114 valence electrons. The third kappa shape index (κ3) is 44.4. The molecule has 0 bridgehead atoms. The first-order valence-corrected chi connectivity index (χ1v) is 8.31. The van der Waals surface area contributed by atoms with Crippen molar-refractivity contribution in [3.05, 3.63) is 0 Å². The van der Waals surface area contributed by atoms with Crippen LogP contribution in [0.1, 0.15) is 101 Å². The van der Waals surface area contributed by atoms with E-state index < -0.39 is 0 Å². The summed E-state index contributed by atoms with van der Waals surface area (Å²) in [7, 11) is 0. The molecule has 0 unspecified atom stereocenters. The van der Waals surface area contributed by atoms with Gasteiger partial charge in [-0.3, -0.25) is 0 Å².